The second kappa shape index (κ2) is 24.2. The molecule has 352 valence electrons. The fraction of sp³-hybridized carbons (Fsp3) is 0.388. The van der Waals surface area contributed by atoms with Gasteiger partial charge in [0.2, 0.25) is 11.8 Å². The number of hydrogen-bond acceptors (Lipinski definition) is 10. The first-order chi connectivity index (χ1) is 31.5. The highest BCUT2D eigenvalue weighted by Crippen LogP contribution is 2.38. The predicted molar refractivity (Wildman–Crippen MR) is 256 cm³/mol. The fourth-order valence-corrected chi connectivity index (χ4v) is 7.60. The van der Waals surface area contributed by atoms with Crippen molar-refractivity contribution < 1.29 is 33.8 Å². The molecule has 4 aromatic rings. The predicted octanol–water partition coefficient (Wildman–Crippen LogP) is 6.52. The van der Waals surface area contributed by atoms with Crippen LogP contribution in [0.2, 0.25) is 5.02 Å². The zero-order valence-corrected chi connectivity index (χ0v) is 38.9. The first-order valence-electron chi connectivity index (χ1n) is 22.2. The van der Waals surface area contributed by atoms with Crippen molar-refractivity contribution in [3.05, 3.63) is 130 Å². The summed E-state index contributed by atoms with van der Waals surface area (Å²) in [7, 11) is 0. The topological polar surface area (TPSA) is 234 Å². The Hall–Kier alpha value is -6.49. The maximum atomic E-state index is 14.6. The second-order valence-corrected chi connectivity index (χ2v) is 17.5. The highest BCUT2D eigenvalue weighted by atomic mass is 35.5. The van der Waals surface area contributed by atoms with Gasteiger partial charge in [-0.3, -0.25) is 14.4 Å². The molecule has 1 heterocycles. The van der Waals surface area contributed by atoms with E-state index in [0.29, 0.717) is 58.3 Å². The number of halogens is 1. The van der Waals surface area contributed by atoms with E-state index in [9.17, 15) is 29.1 Å². The van der Waals surface area contributed by atoms with E-state index in [-0.39, 0.29) is 50.4 Å². The quantitative estimate of drug-likeness (QED) is 0.0450. The molecule has 0 aromatic heterocycles. The minimum atomic E-state index is -1.07. The average molecular weight is 925 g/mol. The molecule has 0 bridgehead atoms. The molecule has 0 spiro atoms. The first kappa shape index (κ1) is 50.5. The van der Waals surface area contributed by atoms with Crippen LogP contribution >= 0.6 is 11.6 Å². The smallest absolute Gasteiger partial charge is 0.407 e. The minimum absolute atomic E-state index is 0.0585. The Labute approximate surface area is 391 Å². The highest BCUT2D eigenvalue weighted by molar-refractivity contribution is 6.30. The van der Waals surface area contributed by atoms with Crippen LogP contribution in [-0.2, 0) is 27.5 Å². The van der Waals surface area contributed by atoms with Crippen molar-refractivity contribution >= 4 is 58.7 Å². The van der Waals surface area contributed by atoms with Gasteiger partial charge in [0.15, 0.2) is 6.23 Å². The Bertz CT molecular complexity index is 2310. The van der Waals surface area contributed by atoms with Crippen molar-refractivity contribution in [2.24, 2.45) is 28.3 Å². The molecule has 4 atom stereocenters. The van der Waals surface area contributed by atoms with Crippen LogP contribution < -0.4 is 32.7 Å². The summed E-state index contributed by atoms with van der Waals surface area (Å²) in [6.07, 6.45) is -0.757. The number of nitrogens with two attached hydrogens (primary N) is 2. The van der Waals surface area contributed by atoms with E-state index < -0.39 is 48.3 Å². The third kappa shape index (κ3) is 14.3. The van der Waals surface area contributed by atoms with Crippen LogP contribution in [0.3, 0.4) is 0 Å². The molecule has 17 heteroatoms. The number of ether oxygens (including phenoxy) is 1. The monoisotopic (exact) mass is 923 g/mol. The summed E-state index contributed by atoms with van der Waals surface area (Å²) < 4.78 is 5.51. The van der Waals surface area contributed by atoms with E-state index in [1.54, 1.807) is 73.3 Å². The Morgan fingerprint density at radius 1 is 0.848 bits per heavy atom. The minimum Gasteiger partial charge on any atom is -0.445 e. The van der Waals surface area contributed by atoms with Crippen molar-refractivity contribution in [3.8, 4) is 0 Å². The number of nitrogens with zero attached hydrogens (tertiary/aromatic N) is 3. The summed E-state index contributed by atoms with van der Waals surface area (Å²) in [6, 6.07) is 26.0. The van der Waals surface area contributed by atoms with Crippen LogP contribution in [0.5, 0.6) is 0 Å². The Morgan fingerprint density at radius 3 is 2.18 bits per heavy atom. The van der Waals surface area contributed by atoms with Crippen molar-refractivity contribution in [1.82, 2.24) is 25.8 Å². The zero-order valence-electron chi connectivity index (χ0n) is 38.1. The molecular formula is C49H62ClN9O7. The van der Waals surface area contributed by atoms with Gasteiger partial charge in [-0.05, 0) is 85.5 Å². The lowest BCUT2D eigenvalue weighted by atomic mass is 9.95. The standard InChI is InChI=1S/C49H62ClN9O7/c1-30(2)41(51)45(61)57-39(13-9-24-53-48(52)64)44(60)55-37-21-16-34(17-22-37)29-66-49(65)54-25-10-26-58(46(62)35-18-14-32(5)15-19-35)42(31(3)4)43-56-40-27-36(50)20-23-38(40)47(63)59(43)28-33-11-7-6-8-12-33/h6-8,11-12,14-23,27,30-31,39,41-42,47,63H,9-10,13,24-26,28-29,51H2,1-5H3,(H,54,65)(H,55,60)(H,57,61)(H3,52,53,64)/t39?,41-,42-,47?/m0/s1. The second-order valence-electron chi connectivity index (χ2n) is 17.0. The number of aliphatic hydroxyl groups excluding tert-OH is 1. The van der Waals surface area contributed by atoms with Gasteiger partial charge in [0.05, 0.1) is 17.8 Å². The van der Waals surface area contributed by atoms with Crippen LogP contribution in [0.4, 0.5) is 21.0 Å². The molecule has 0 saturated carbocycles. The summed E-state index contributed by atoms with van der Waals surface area (Å²) in [6.45, 7) is 10.5. The van der Waals surface area contributed by atoms with E-state index in [1.165, 1.54) is 0 Å². The number of carbonyl (C=O) groups excluding carboxylic acids is 5. The number of fused-ring (bicyclic) bond motifs is 1. The van der Waals surface area contributed by atoms with Crippen LogP contribution in [0.1, 0.15) is 85.8 Å². The van der Waals surface area contributed by atoms with Gasteiger partial charge in [0.25, 0.3) is 5.91 Å². The Morgan fingerprint density at radius 2 is 1.53 bits per heavy atom. The molecule has 0 saturated heterocycles. The molecule has 1 aliphatic heterocycles. The molecule has 9 N–H and O–H groups in total. The number of alkyl carbamates (subject to hydrolysis) is 1. The number of anilines is 1. The summed E-state index contributed by atoms with van der Waals surface area (Å²) in [5.41, 5.74) is 15.8. The van der Waals surface area contributed by atoms with E-state index in [4.69, 9.17) is 32.8 Å². The maximum absolute atomic E-state index is 14.6. The lowest BCUT2D eigenvalue weighted by molar-refractivity contribution is -0.128. The van der Waals surface area contributed by atoms with Gasteiger partial charge in [-0.2, -0.15) is 0 Å². The van der Waals surface area contributed by atoms with Crippen molar-refractivity contribution in [2.75, 3.05) is 25.0 Å². The van der Waals surface area contributed by atoms with E-state index in [2.05, 4.69) is 21.3 Å². The lowest BCUT2D eigenvalue weighted by Crippen LogP contribution is -2.55. The largest absolute Gasteiger partial charge is 0.445 e. The molecule has 4 aromatic carbocycles. The molecular weight excluding hydrogens is 862 g/mol. The summed E-state index contributed by atoms with van der Waals surface area (Å²) in [4.78, 5) is 73.2. The molecule has 0 radical (unpaired) electrons. The molecule has 0 fully saturated rings. The number of primary amides is 1. The number of aliphatic hydroxyl groups is 1. The van der Waals surface area contributed by atoms with Crippen molar-refractivity contribution in [3.63, 3.8) is 0 Å². The third-order valence-electron chi connectivity index (χ3n) is 11.1. The van der Waals surface area contributed by atoms with Gasteiger partial charge in [0, 0.05) is 48.0 Å². The Kier molecular flexibility index (Phi) is 18.5. The Balaban J connectivity index is 1.24. The first-order valence-corrected chi connectivity index (χ1v) is 22.5. The van der Waals surface area contributed by atoms with Crippen LogP contribution in [0.15, 0.2) is 102 Å². The summed E-state index contributed by atoms with van der Waals surface area (Å²) in [5.74, 6) is -0.948. The third-order valence-corrected chi connectivity index (χ3v) is 11.4. The lowest BCUT2D eigenvalue weighted by Gasteiger charge is -2.43. The average Bonchev–Trinajstić information content (AvgIpc) is 3.28. The molecule has 66 heavy (non-hydrogen) atoms. The number of nitrogens with one attached hydrogen (secondary N) is 4. The zero-order chi connectivity index (χ0) is 47.9. The molecule has 0 aliphatic carbocycles. The fourth-order valence-electron chi connectivity index (χ4n) is 7.43. The van der Waals surface area contributed by atoms with Gasteiger partial charge >= 0.3 is 12.1 Å². The highest BCUT2D eigenvalue weighted by Gasteiger charge is 2.39. The normalized spacial score (nSPS) is 14.6. The van der Waals surface area contributed by atoms with Crippen LogP contribution in [-0.4, -0.2) is 88.3 Å². The summed E-state index contributed by atoms with van der Waals surface area (Å²) in [5, 5.41) is 23.2. The molecule has 6 amide bonds. The summed E-state index contributed by atoms with van der Waals surface area (Å²) >= 11 is 6.42. The van der Waals surface area contributed by atoms with Gasteiger partial charge in [-0.15, -0.1) is 0 Å². The van der Waals surface area contributed by atoms with Gasteiger partial charge < -0.3 is 52.4 Å². The van der Waals surface area contributed by atoms with Gasteiger partial charge in [0.1, 0.15) is 18.5 Å². The number of aryl methyl sites for hydroxylation is 1. The number of amidine groups is 1. The van der Waals surface area contributed by atoms with E-state index in [1.807, 2.05) is 68.1 Å². The number of urea groups is 1. The maximum Gasteiger partial charge on any atom is 0.407 e. The van der Waals surface area contributed by atoms with Gasteiger partial charge in [-0.25, -0.2) is 14.6 Å². The molecule has 5 rings (SSSR count). The number of rotatable bonds is 21. The van der Waals surface area contributed by atoms with Crippen molar-refractivity contribution in [1.29, 1.82) is 0 Å². The van der Waals surface area contributed by atoms with Crippen LogP contribution in [0.25, 0.3) is 0 Å². The SMILES string of the molecule is Cc1ccc(C(=O)N(CCCNC(=O)OCc2ccc(NC(=O)C(CCCNC(N)=O)NC(=O)[C@@H](N)C(C)C)cc2)[C@H](C2=Nc3cc(Cl)ccc3C(O)N2Cc2ccccc2)C(C)C)cc1. The van der Waals surface area contributed by atoms with E-state index in [0.717, 1.165) is 11.1 Å². The van der Waals surface area contributed by atoms with E-state index >= 15 is 0 Å². The molecule has 1 aliphatic rings. The number of benzene rings is 4. The molecule has 16 nitrogen and oxygen atoms in total. The van der Waals surface area contributed by atoms with Crippen LogP contribution in [0, 0.1) is 18.8 Å². The number of aliphatic imine (C=N–C) groups is 1. The van der Waals surface area contributed by atoms with Crippen molar-refractivity contribution in [2.45, 2.75) is 91.4 Å². The number of amides is 6. The molecule has 2 unspecified atom stereocenters. The van der Waals surface area contributed by atoms with Gasteiger partial charge in [-0.1, -0.05) is 106 Å². The number of carbonyl (C=O) groups is 5. The number of hydrogen-bond donors (Lipinski definition) is 7.